The Balaban J connectivity index is 1.97. The number of anilines is 1. The standard InChI is InChI=1S/C20H27N3O3/c1-5-17-18(19(24)26-6-2)14(3)22-20(23-17)21-12-8-10-15-9-7-11-16(13-15)25-4/h7,9,11,13H,5-6,8,10,12H2,1-4H3,(H,21,22,23). The van der Waals surface area contributed by atoms with Gasteiger partial charge in [-0.15, -0.1) is 0 Å². The van der Waals surface area contributed by atoms with Crippen LogP contribution in [0.25, 0.3) is 0 Å². The van der Waals surface area contributed by atoms with Crippen LogP contribution >= 0.6 is 0 Å². The molecule has 26 heavy (non-hydrogen) atoms. The minimum atomic E-state index is -0.355. The molecule has 1 heterocycles. The highest BCUT2D eigenvalue weighted by molar-refractivity contribution is 5.91. The van der Waals surface area contributed by atoms with E-state index in [1.807, 2.05) is 32.0 Å². The van der Waals surface area contributed by atoms with Crippen molar-refractivity contribution in [2.24, 2.45) is 0 Å². The van der Waals surface area contributed by atoms with Crippen molar-refractivity contribution >= 4 is 11.9 Å². The molecule has 0 bridgehead atoms. The Morgan fingerprint density at radius 1 is 1.23 bits per heavy atom. The molecule has 140 valence electrons. The van der Waals surface area contributed by atoms with Crippen LogP contribution in [0.5, 0.6) is 5.75 Å². The van der Waals surface area contributed by atoms with Crippen molar-refractivity contribution in [2.75, 3.05) is 25.6 Å². The van der Waals surface area contributed by atoms with Crippen LogP contribution in [0.2, 0.25) is 0 Å². The molecule has 2 aromatic rings. The second-order valence-electron chi connectivity index (χ2n) is 5.91. The van der Waals surface area contributed by atoms with Crippen LogP contribution in [0.1, 0.15) is 47.6 Å². The summed E-state index contributed by atoms with van der Waals surface area (Å²) < 4.78 is 10.4. The summed E-state index contributed by atoms with van der Waals surface area (Å²) in [6.45, 7) is 6.66. The van der Waals surface area contributed by atoms with Gasteiger partial charge in [0, 0.05) is 6.54 Å². The molecular weight excluding hydrogens is 330 g/mol. The first-order valence-corrected chi connectivity index (χ1v) is 9.00. The van der Waals surface area contributed by atoms with Gasteiger partial charge in [0.15, 0.2) is 0 Å². The number of aryl methyl sites for hydroxylation is 3. The number of carbonyl (C=O) groups excluding carboxylic acids is 1. The number of esters is 1. The van der Waals surface area contributed by atoms with Crippen molar-refractivity contribution in [3.8, 4) is 5.75 Å². The topological polar surface area (TPSA) is 73.3 Å². The van der Waals surface area contributed by atoms with E-state index in [-0.39, 0.29) is 5.97 Å². The third-order valence-corrected chi connectivity index (χ3v) is 4.04. The zero-order valence-electron chi connectivity index (χ0n) is 16.0. The fraction of sp³-hybridized carbons (Fsp3) is 0.450. The predicted octanol–water partition coefficient (Wildman–Crippen LogP) is 3.58. The summed E-state index contributed by atoms with van der Waals surface area (Å²) in [4.78, 5) is 21.0. The fourth-order valence-electron chi connectivity index (χ4n) is 2.76. The first kappa shape index (κ1) is 19.7. The quantitative estimate of drug-likeness (QED) is 0.546. The molecule has 6 nitrogen and oxygen atoms in total. The Bertz CT molecular complexity index is 747. The molecule has 6 heteroatoms. The van der Waals surface area contributed by atoms with Crippen LogP contribution in [-0.2, 0) is 17.6 Å². The smallest absolute Gasteiger partial charge is 0.341 e. The summed E-state index contributed by atoms with van der Waals surface area (Å²) in [5.74, 6) is 1.07. The zero-order chi connectivity index (χ0) is 18.9. The van der Waals surface area contributed by atoms with E-state index in [0.29, 0.717) is 35.9 Å². The number of carbonyl (C=O) groups is 1. The molecule has 0 fully saturated rings. The summed E-state index contributed by atoms with van der Waals surface area (Å²) in [6.07, 6.45) is 2.53. The van der Waals surface area contributed by atoms with Crippen molar-refractivity contribution in [3.63, 3.8) is 0 Å². The van der Waals surface area contributed by atoms with Crippen molar-refractivity contribution in [1.29, 1.82) is 0 Å². The number of nitrogens with one attached hydrogen (secondary N) is 1. The number of benzene rings is 1. The predicted molar refractivity (Wildman–Crippen MR) is 102 cm³/mol. The van der Waals surface area contributed by atoms with Gasteiger partial charge in [-0.1, -0.05) is 19.1 Å². The second kappa shape index (κ2) is 9.75. The number of nitrogens with zero attached hydrogens (tertiary/aromatic N) is 2. The number of ether oxygens (including phenoxy) is 2. The van der Waals surface area contributed by atoms with Gasteiger partial charge in [-0.3, -0.25) is 0 Å². The summed E-state index contributed by atoms with van der Waals surface area (Å²) in [7, 11) is 1.67. The Morgan fingerprint density at radius 2 is 2.04 bits per heavy atom. The van der Waals surface area contributed by atoms with Gasteiger partial charge in [0.05, 0.1) is 25.1 Å². The van der Waals surface area contributed by atoms with Gasteiger partial charge in [0.1, 0.15) is 11.3 Å². The van der Waals surface area contributed by atoms with Crippen LogP contribution in [0.3, 0.4) is 0 Å². The van der Waals surface area contributed by atoms with E-state index < -0.39 is 0 Å². The minimum Gasteiger partial charge on any atom is -0.497 e. The van der Waals surface area contributed by atoms with Crippen LogP contribution in [0.4, 0.5) is 5.95 Å². The molecule has 0 unspecified atom stereocenters. The Morgan fingerprint density at radius 3 is 2.73 bits per heavy atom. The van der Waals surface area contributed by atoms with Gasteiger partial charge >= 0.3 is 5.97 Å². The average Bonchev–Trinajstić information content (AvgIpc) is 2.65. The Labute approximate surface area is 155 Å². The van der Waals surface area contributed by atoms with Gasteiger partial charge in [0.25, 0.3) is 0 Å². The van der Waals surface area contributed by atoms with E-state index in [9.17, 15) is 4.79 Å². The number of hydrogen-bond donors (Lipinski definition) is 1. The highest BCUT2D eigenvalue weighted by atomic mass is 16.5. The lowest BCUT2D eigenvalue weighted by Gasteiger charge is -2.12. The lowest BCUT2D eigenvalue weighted by atomic mass is 10.1. The fourth-order valence-corrected chi connectivity index (χ4v) is 2.76. The van der Waals surface area contributed by atoms with E-state index >= 15 is 0 Å². The zero-order valence-corrected chi connectivity index (χ0v) is 16.0. The Kier molecular flexibility index (Phi) is 7.38. The van der Waals surface area contributed by atoms with Gasteiger partial charge in [-0.2, -0.15) is 0 Å². The summed E-state index contributed by atoms with van der Waals surface area (Å²) in [5, 5.41) is 3.25. The molecule has 2 rings (SSSR count). The van der Waals surface area contributed by atoms with E-state index in [1.165, 1.54) is 5.56 Å². The molecule has 0 aliphatic carbocycles. The summed E-state index contributed by atoms with van der Waals surface area (Å²) in [6, 6.07) is 8.07. The Hall–Kier alpha value is -2.63. The number of hydrogen-bond acceptors (Lipinski definition) is 6. The summed E-state index contributed by atoms with van der Waals surface area (Å²) in [5.41, 5.74) is 3.07. The van der Waals surface area contributed by atoms with Crippen molar-refractivity contribution in [1.82, 2.24) is 9.97 Å². The molecule has 0 spiro atoms. The molecule has 0 aliphatic heterocycles. The van der Waals surface area contributed by atoms with Crippen molar-refractivity contribution in [2.45, 2.75) is 40.0 Å². The highest BCUT2D eigenvalue weighted by Gasteiger charge is 2.18. The molecule has 0 aliphatic rings. The van der Waals surface area contributed by atoms with E-state index in [4.69, 9.17) is 9.47 Å². The first-order valence-electron chi connectivity index (χ1n) is 9.00. The van der Waals surface area contributed by atoms with E-state index in [1.54, 1.807) is 14.0 Å². The van der Waals surface area contributed by atoms with Crippen LogP contribution < -0.4 is 10.1 Å². The lowest BCUT2D eigenvalue weighted by molar-refractivity contribution is 0.0523. The molecule has 1 aromatic carbocycles. The van der Waals surface area contributed by atoms with Gasteiger partial charge < -0.3 is 14.8 Å². The van der Waals surface area contributed by atoms with Crippen LogP contribution in [0.15, 0.2) is 24.3 Å². The average molecular weight is 357 g/mol. The normalized spacial score (nSPS) is 10.5. The van der Waals surface area contributed by atoms with Gasteiger partial charge in [0.2, 0.25) is 5.95 Å². The lowest BCUT2D eigenvalue weighted by Crippen LogP contribution is -2.16. The molecule has 0 saturated heterocycles. The molecule has 1 aromatic heterocycles. The molecule has 0 atom stereocenters. The number of aromatic nitrogens is 2. The third-order valence-electron chi connectivity index (χ3n) is 4.04. The monoisotopic (exact) mass is 357 g/mol. The first-order chi connectivity index (χ1) is 12.6. The SMILES string of the molecule is CCOC(=O)c1c(C)nc(NCCCc2cccc(OC)c2)nc1CC. The second-order valence-corrected chi connectivity index (χ2v) is 5.91. The van der Waals surface area contributed by atoms with E-state index in [0.717, 1.165) is 25.1 Å². The van der Waals surface area contributed by atoms with Gasteiger partial charge in [-0.25, -0.2) is 14.8 Å². The third kappa shape index (κ3) is 5.18. The molecule has 0 radical (unpaired) electrons. The van der Waals surface area contributed by atoms with Crippen LogP contribution in [-0.4, -0.2) is 36.2 Å². The van der Waals surface area contributed by atoms with Crippen LogP contribution in [0, 0.1) is 6.92 Å². The van der Waals surface area contributed by atoms with Crippen molar-refractivity contribution < 1.29 is 14.3 Å². The molecule has 0 amide bonds. The number of rotatable bonds is 9. The number of methoxy groups -OCH3 is 1. The van der Waals surface area contributed by atoms with Crippen molar-refractivity contribution in [3.05, 3.63) is 46.8 Å². The maximum absolute atomic E-state index is 12.1. The minimum absolute atomic E-state index is 0.339. The molecule has 0 saturated carbocycles. The van der Waals surface area contributed by atoms with E-state index in [2.05, 4.69) is 21.4 Å². The van der Waals surface area contributed by atoms with Gasteiger partial charge in [-0.05, 0) is 50.8 Å². The highest BCUT2D eigenvalue weighted by Crippen LogP contribution is 2.16. The molecule has 1 N–H and O–H groups in total. The summed E-state index contributed by atoms with van der Waals surface area (Å²) >= 11 is 0. The maximum Gasteiger partial charge on any atom is 0.341 e. The molecular formula is C20H27N3O3. The largest absolute Gasteiger partial charge is 0.497 e. The maximum atomic E-state index is 12.1.